The van der Waals surface area contributed by atoms with Crippen molar-refractivity contribution >= 4 is 27.6 Å². The zero-order valence-corrected chi connectivity index (χ0v) is 14.1. The van der Waals surface area contributed by atoms with Gasteiger partial charge in [-0.25, -0.2) is 8.42 Å². The molecule has 0 radical (unpaired) electrons. The molecule has 1 aromatic rings. The van der Waals surface area contributed by atoms with Gasteiger partial charge >= 0.3 is 5.97 Å². The molecule has 2 N–H and O–H groups in total. The third kappa shape index (κ3) is 3.53. The standard InChI is InChI=1S/C15H20N2O5S/c1-9(2)14(15(19)20)16-23(21,22)12-4-5-13-11(8-12)6-7-17(13)10(3)18/h4-5,8-9,14,16H,6-7H2,1-3H3,(H,19,20). The minimum Gasteiger partial charge on any atom is -0.480 e. The van der Waals surface area contributed by atoms with Gasteiger partial charge in [0.1, 0.15) is 6.04 Å². The first-order valence-electron chi connectivity index (χ1n) is 7.29. The molecule has 0 saturated carbocycles. The number of carbonyl (C=O) groups is 2. The lowest BCUT2D eigenvalue weighted by molar-refractivity contribution is -0.140. The summed E-state index contributed by atoms with van der Waals surface area (Å²) in [5.41, 5.74) is 1.47. The molecule has 1 unspecified atom stereocenters. The number of nitrogens with zero attached hydrogens (tertiary/aromatic N) is 1. The van der Waals surface area contributed by atoms with Crippen molar-refractivity contribution in [1.82, 2.24) is 4.72 Å². The molecule has 23 heavy (non-hydrogen) atoms. The van der Waals surface area contributed by atoms with Crippen LogP contribution in [-0.4, -0.2) is 38.0 Å². The van der Waals surface area contributed by atoms with Crippen LogP contribution in [0.2, 0.25) is 0 Å². The SMILES string of the molecule is CC(=O)N1CCc2cc(S(=O)(=O)NC(C(=O)O)C(C)C)ccc21. The average molecular weight is 340 g/mol. The fraction of sp³-hybridized carbons (Fsp3) is 0.467. The number of hydrogen-bond acceptors (Lipinski definition) is 4. The largest absolute Gasteiger partial charge is 0.480 e. The van der Waals surface area contributed by atoms with E-state index in [0.717, 1.165) is 5.56 Å². The van der Waals surface area contributed by atoms with Gasteiger partial charge in [0.2, 0.25) is 15.9 Å². The Hall–Kier alpha value is -1.93. The van der Waals surface area contributed by atoms with E-state index < -0.39 is 22.0 Å². The molecule has 0 bridgehead atoms. The number of fused-ring (bicyclic) bond motifs is 1. The van der Waals surface area contributed by atoms with Crippen LogP contribution >= 0.6 is 0 Å². The topological polar surface area (TPSA) is 104 Å². The minimum absolute atomic E-state index is 0.00792. The first kappa shape index (κ1) is 17.4. The van der Waals surface area contributed by atoms with Crippen LogP contribution < -0.4 is 9.62 Å². The fourth-order valence-electron chi connectivity index (χ4n) is 2.58. The monoisotopic (exact) mass is 340 g/mol. The number of aliphatic carboxylic acids is 1. The van der Waals surface area contributed by atoms with Crippen LogP contribution in [-0.2, 0) is 26.0 Å². The first-order chi connectivity index (χ1) is 10.6. The molecule has 1 aromatic carbocycles. The zero-order chi connectivity index (χ0) is 17.4. The Morgan fingerprint density at radius 1 is 1.30 bits per heavy atom. The molecule has 1 heterocycles. The van der Waals surface area contributed by atoms with E-state index in [0.29, 0.717) is 18.7 Å². The van der Waals surface area contributed by atoms with E-state index >= 15 is 0 Å². The zero-order valence-electron chi connectivity index (χ0n) is 13.2. The van der Waals surface area contributed by atoms with Crippen LogP contribution in [0.25, 0.3) is 0 Å². The van der Waals surface area contributed by atoms with E-state index in [2.05, 4.69) is 4.72 Å². The highest BCUT2D eigenvalue weighted by Gasteiger charge is 2.29. The van der Waals surface area contributed by atoms with Gasteiger partial charge in [0.15, 0.2) is 0 Å². The lowest BCUT2D eigenvalue weighted by Gasteiger charge is -2.19. The van der Waals surface area contributed by atoms with Gasteiger partial charge in [-0.05, 0) is 36.1 Å². The van der Waals surface area contributed by atoms with Gasteiger partial charge < -0.3 is 10.0 Å². The van der Waals surface area contributed by atoms with Crippen LogP contribution in [0.4, 0.5) is 5.69 Å². The highest BCUT2D eigenvalue weighted by atomic mass is 32.2. The van der Waals surface area contributed by atoms with Crippen molar-refractivity contribution in [2.75, 3.05) is 11.4 Å². The van der Waals surface area contributed by atoms with Gasteiger partial charge in [-0.2, -0.15) is 4.72 Å². The number of anilines is 1. The molecule has 0 fully saturated rings. The number of carboxylic acids is 1. The second-order valence-electron chi connectivity index (χ2n) is 5.89. The Morgan fingerprint density at radius 3 is 2.48 bits per heavy atom. The summed E-state index contributed by atoms with van der Waals surface area (Å²) in [5, 5.41) is 9.13. The van der Waals surface area contributed by atoms with Gasteiger partial charge in [0.05, 0.1) is 4.90 Å². The van der Waals surface area contributed by atoms with Crippen LogP contribution in [0.5, 0.6) is 0 Å². The summed E-state index contributed by atoms with van der Waals surface area (Å²) in [6.07, 6.45) is 0.574. The van der Waals surface area contributed by atoms with E-state index in [9.17, 15) is 18.0 Å². The van der Waals surface area contributed by atoms with Gasteiger partial charge in [-0.15, -0.1) is 0 Å². The summed E-state index contributed by atoms with van der Waals surface area (Å²) in [6, 6.07) is 3.28. The van der Waals surface area contributed by atoms with Crippen LogP contribution in [0.15, 0.2) is 23.1 Å². The maximum Gasteiger partial charge on any atom is 0.322 e. The number of hydrogen-bond donors (Lipinski definition) is 2. The summed E-state index contributed by atoms with van der Waals surface area (Å²) >= 11 is 0. The van der Waals surface area contributed by atoms with Gasteiger partial charge in [0.25, 0.3) is 0 Å². The Balaban J connectivity index is 2.32. The smallest absolute Gasteiger partial charge is 0.322 e. The average Bonchev–Trinajstić information content (AvgIpc) is 2.87. The van der Waals surface area contributed by atoms with E-state index in [4.69, 9.17) is 5.11 Å². The minimum atomic E-state index is -3.94. The molecule has 0 spiro atoms. The highest BCUT2D eigenvalue weighted by Crippen LogP contribution is 2.30. The summed E-state index contributed by atoms with van der Waals surface area (Å²) in [4.78, 5) is 24.3. The van der Waals surface area contributed by atoms with Crippen molar-refractivity contribution < 1.29 is 23.1 Å². The molecule has 1 aliphatic rings. The Labute approximate surface area is 135 Å². The Kier molecular flexibility index (Phi) is 4.76. The lowest BCUT2D eigenvalue weighted by Crippen LogP contribution is -2.44. The third-order valence-corrected chi connectivity index (χ3v) is 5.29. The molecule has 0 aliphatic carbocycles. The number of carbonyl (C=O) groups excluding carboxylic acids is 1. The predicted molar refractivity (Wildman–Crippen MR) is 84.8 cm³/mol. The van der Waals surface area contributed by atoms with E-state index in [1.54, 1.807) is 24.8 Å². The summed E-state index contributed by atoms with van der Waals surface area (Å²) in [6.45, 7) is 5.25. The van der Waals surface area contributed by atoms with E-state index in [-0.39, 0.29) is 16.7 Å². The maximum atomic E-state index is 12.4. The fourth-order valence-corrected chi connectivity index (χ4v) is 3.97. The summed E-state index contributed by atoms with van der Waals surface area (Å²) in [5.74, 6) is -1.69. The number of carboxylic acid groups (broad SMARTS) is 1. The molecule has 8 heteroatoms. The van der Waals surface area contributed by atoms with E-state index in [1.807, 2.05) is 0 Å². The van der Waals surface area contributed by atoms with Crippen molar-refractivity contribution in [2.24, 2.45) is 5.92 Å². The predicted octanol–water partition coefficient (Wildman–Crippen LogP) is 0.983. The van der Waals surface area contributed by atoms with Crippen molar-refractivity contribution in [1.29, 1.82) is 0 Å². The molecule has 0 saturated heterocycles. The van der Waals surface area contributed by atoms with Gasteiger partial charge in [0, 0.05) is 19.2 Å². The molecule has 126 valence electrons. The van der Waals surface area contributed by atoms with Crippen LogP contribution in [0.3, 0.4) is 0 Å². The van der Waals surface area contributed by atoms with Crippen LogP contribution in [0.1, 0.15) is 26.3 Å². The molecule has 1 amide bonds. The molecule has 0 aromatic heterocycles. The second-order valence-corrected chi connectivity index (χ2v) is 7.61. The number of amides is 1. The maximum absolute atomic E-state index is 12.4. The Morgan fingerprint density at radius 2 is 1.96 bits per heavy atom. The molecular formula is C15H20N2O5S. The van der Waals surface area contributed by atoms with Crippen molar-refractivity contribution in [2.45, 2.75) is 38.1 Å². The first-order valence-corrected chi connectivity index (χ1v) is 8.78. The normalized spacial score (nSPS) is 15.6. The number of nitrogens with one attached hydrogen (secondary N) is 1. The van der Waals surface area contributed by atoms with Gasteiger partial charge in [-0.1, -0.05) is 13.8 Å². The highest BCUT2D eigenvalue weighted by molar-refractivity contribution is 7.89. The third-order valence-electron chi connectivity index (χ3n) is 3.85. The number of benzene rings is 1. The van der Waals surface area contributed by atoms with Crippen LogP contribution in [0, 0.1) is 5.92 Å². The van der Waals surface area contributed by atoms with E-state index in [1.165, 1.54) is 19.1 Å². The number of sulfonamides is 1. The summed E-state index contributed by atoms with van der Waals surface area (Å²) in [7, 11) is -3.94. The Bertz CT molecular complexity index is 742. The van der Waals surface area contributed by atoms with Crippen molar-refractivity contribution in [3.8, 4) is 0 Å². The number of rotatable bonds is 5. The molecular weight excluding hydrogens is 320 g/mol. The molecule has 1 aliphatic heterocycles. The molecule has 7 nitrogen and oxygen atoms in total. The van der Waals surface area contributed by atoms with Crippen molar-refractivity contribution in [3.63, 3.8) is 0 Å². The molecule has 1 atom stereocenters. The quantitative estimate of drug-likeness (QED) is 0.832. The van der Waals surface area contributed by atoms with Crippen molar-refractivity contribution in [3.05, 3.63) is 23.8 Å². The second kappa shape index (κ2) is 6.29. The van der Waals surface area contributed by atoms with Gasteiger partial charge in [-0.3, -0.25) is 9.59 Å². The summed E-state index contributed by atoms with van der Waals surface area (Å²) < 4.78 is 27.0. The molecule has 2 rings (SSSR count). The lowest BCUT2D eigenvalue weighted by atomic mass is 10.1.